The van der Waals surface area contributed by atoms with Crippen LogP contribution in [0.1, 0.15) is 36.0 Å². The molecule has 0 unspecified atom stereocenters. The summed E-state index contributed by atoms with van der Waals surface area (Å²) in [6.45, 7) is 0.955. The van der Waals surface area contributed by atoms with E-state index in [-0.39, 0.29) is 30.5 Å². The molecular weight excluding hydrogens is 323 g/mol. The molecule has 2 aliphatic rings. The van der Waals surface area contributed by atoms with Gasteiger partial charge in [0.05, 0.1) is 5.92 Å². The first-order valence-corrected chi connectivity index (χ1v) is 8.10. The lowest BCUT2D eigenvalue weighted by Gasteiger charge is -2.46. The normalized spacial score (nSPS) is 26.0. The molecule has 24 heavy (non-hydrogen) atoms. The molecule has 1 aliphatic carbocycles. The molecule has 0 atom stereocenters. The van der Waals surface area contributed by atoms with Crippen LogP contribution in [-0.2, 0) is 0 Å². The summed E-state index contributed by atoms with van der Waals surface area (Å²) < 4.78 is 38.1. The van der Waals surface area contributed by atoms with Gasteiger partial charge in [0.15, 0.2) is 0 Å². The second-order valence-electron chi connectivity index (χ2n) is 6.52. The number of alkyl halides is 3. The standard InChI is InChI=1S/C16H20F3N3O2/c17-16(18,19)10-3-6-22(7-4-10)12-8-11(9-12)21-14-13(15(23)24)2-1-5-20-14/h1-2,5,10-12H,3-4,6-9H2,(H,20,21)(H,23,24). The second-order valence-corrected chi connectivity index (χ2v) is 6.52. The number of nitrogens with zero attached hydrogens (tertiary/aromatic N) is 2. The third-order valence-corrected chi connectivity index (χ3v) is 5.00. The van der Waals surface area contributed by atoms with Crippen molar-refractivity contribution in [2.45, 2.75) is 43.9 Å². The Hall–Kier alpha value is -1.83. The summed E-state index contributed by atoms with van der Waals surface area (Å²) >= 11 is 0. The number of aromatic carboxylic acids is 1. The largest absolute Gasteiger partial charge is 0.478 e. The van der Waals surface area contributed by atoms with Crippen LogP contribution >= 0.6 is 0 Å². The van der Waals surface area contributed by atoms with Crippen molar-refractivity contribution >= 4 is 11.8 Å². The predicted octanol–water partition coefficient (Wildman–Crippen LogP) is 3.00. The van der Waals surface area contributed by atoms with E-state index in [1.54, 1.807) is 6.07 Å². The van der Waals surface area contributed by atoms with Crippen LogP contribution in [0.3, 0.4) is 0 Å². The molecule has 0 aromatic carbocycles. The number of rotatable bonds is 4. The van der Waals surface area contributed by atoms with Gasteiger partial charge in [0.25, 0.3) is 0 Å². The molecule has 3 rings (SSSR count). The molecular formula is C16H20F3N3O2. The lowest BCUT2D eigenvalue weighted by molar-refractivity contribution is -0.187. The number of hydrogen-bond donors (Lipinski definition) is 2. The fourth-order valence-electron chi connectivity index (χ4n) is 3.48. The van der Waals surface area contributed by atoms with Crippen LogP contribution < -0.4 is 5.32 Å². The molecule has 8 heteroatoms. The molecule has 0 amide bonds. The maximum atomic E-state index is 12.7. The first-order chi connectivity index (χ1) is 11.3. The van der Waals surface area contributed by atoms with Gasteiger partial charge in [-0.25, -0.2) is 9.78 Å². The maximum Gasteiger partial charge on any atom is 0.391 e. The zero-order valence-electron chi connectivity index (χ0n) is 13.1. The monoisotopic (exact) mass is 343 g/mol. The lowest BCUT2D eigenvalue weighted by Crippen LogP contribution is -2.53. The van der Waals surface area contributed by atoms with Crippen molar-refractivity contribution < 1.29 is 23.1 Å². The minimum absolute atomic E-state index is 0.114. The van der Waals surface area contributed by atoms with E-state index in [0.717, 1.165) is 12.8 Å². The highest BCUT2D eigenvalue weighted by molar-refractivity contribution is 5.93. The molecule has 0 spiro atoms. The molecule has 1 aliphatic heterocycles. The summed E-state index contributed by atoms with van der Waals surface area (Å²) in [5, 5.41) is 12.3. The van der Waals surface area contributed by atoms with Gasteiger partial charge in [-0.1, -0.05) is 0 Å². The van der Waals surface area contributed by atoms with Crippen molar-refractivity contribution in [2.24, 2.45) is 5.92 Å². The van der Waals surface area contributed by atoms with E-state index < -0.39 is 18.1 Å². The quantitative estimate of drug-likeness (QED) is 0.880. The smallest absolute Gasteiger partial charge is 0.391 e. The first kappa shape index (κ1) is 17.0. The highest BCUT2D eigenvalue weighted by atomic mass is 19.4. The van der Waals surface area contributed by atoms with Crippen LogP contribution in [0, 0.1) is 5.92 Å². The number of pyridine rings is 1. The van der Waals surface area contributed by atoms with E-state index in [1.807, 2.05) is 0 Å². The zero-order valence-corrected chi connectivity index (χ0v) is 13.1. The first-order valence-electron chi connectivity index (χ1n) is 8.10. The van der Waals surface area contributed by atoms with Crippen LogP contribution in [0.4, 0.5) is 19.0 Å². The lowest BCUT2D eigenvalue weighted by atomic mass is 9.83. The minimum atomic E-state index is -4.08. The Labute approximate surface area is 137 Å². The third kappa shape index (κ3) is 3.63. The molecule has 5 nitrogen and oxygen atoms in total. The minimum Gasteiger partial charge on any atom is -0.478 e. The zero-order chi connectivity index (χ0) is 17.3. The number of carboxylic acid groups (broad SMARTS) is 1. The number of aromatic nitrogens is 1. The van der Waals surface area contributed by atoms with Crippen LogP contribution in [-0.4, -0.2) is 52.3 Å². The van der Waals surface area contributed by atoms with Crippen LogP contribution in [0.15, 0.2) is 18.3 Å². The van der Waals surface area contributed by atoms with Crippen LogP contribution in [0.25, 0.3) is 0 Å². The van der Waals surface area contributed by atoms with Gasteiger partial charge in [-0.15, -0.1) is 0 Å². The Morgan fingerprint density at radius 3 is 2.54 bits per heavy atom. The molecule has 0 radical (unpaired) electrons. The van der Waals surface area contributed by atoms with Crippen molar-refractivity contribution in [3.63, 3.8) is 0 Å². The summed E-state index contributed by atoms with van der Waals surface area (Å²) in [6.07, 6.45) is -0.615. The summed E-state index contributed by atoms with van der Waals surface area (Å²) in [5.41, 5.74) is 0.131. The summed E-state index contributed by atoms with van der Waals surface area (Å²) in [6, 6.07) is 3.45. The van der Waals surface area contributed by atoms with Gasteiger partial charge >= 0.3 is 12.1 Å². The van der Waals surface area contributed by atoms with Crippen LogP contribution in [0.2, 0.25) is 0 Å². The Bertz CT molecular complexity index is 594. The SMILES string of the molecule is O=C(O)c1cccnc1NC1CC(N2CCC(C(F)(F)F)CC2)C1. The van der Waals surface area contributed by atoms with Crippen molar-refractivity contribution in [3.8, 4) is 0 Å². The number of carbonyl (C=O) groups is 1. The Balaban J connectivity index is 1.48. The van der Waals surface area contributed by atoms with E-state index >= 15 is 0 Å². The van der Waals surface area contributed by atoms with E-state index in [0.29, 0.717) is 18.9 Å². The molecule has 0 bridgehead atoms. The van der Waals surface area contributed by atoms with Crippen molar-refractivity contribution in [1.29, 1.82) is 0 Å². The highest BCUT2D eigenvalue weighted by Gasteiger charge is 2.43. The molecule has 1 saturated carbocycles. The van der Waals surface area contributed by atoms with Gasteiger partial charge in [0, 0.05) is 18.3 Å². The summed E-state index contributed by atoms with van der Waals surface area (Å²) in [7, 11) is 0. The van der Waals surface area contributed by atoms with E-state index in [1.165, 1.54) is 12.3 Å². The average Bonchev–Trinajstić information content (AvgIpc) is 2.50. The molecule has 1 saturated heterocycles. The second kappa shape index (κ2) is 6.58. The van der Waals surface area contributed by atoms with Crippen molar-refractivity contribution in [2.75, 3.05) is 18.4 Å². The topological polar surface area (TPSA) is 65.5 Å². The Morgan fingerprint density at radius 1 is 1.29 bits per heavy atom. The molecule has 1 aromatic rings. The van der Waals surface area contributed by atoms with E-state index in [2.05, 4.69) is 15.2 Å². The van der Waals surface area contributed by atoms with E-state index in [9.17, 15) is 18.0 Å². The number of carboxylic acids is 1. The van der Waals surface area contributed by atoms with Gasteiger partial charge in [0.2, 0.25) is 0 Å². The Kier molecular flexibility index (Phi) is 4.67. The number of anilines is 1. The molecule has 2 N–H and O–H groups in total. The number of hydrogen-bond acceptors (Lipinski definition) is 4. The van der Waals surface area contributed by atoms with Crippen molar-refractivity contribution in [1.82, 2.24) is 9.88 Å². The van der Waals surface area contributed by atoms with E-state index in [4.69, 9.17) is 5.11 Å². The fraction of sp³-hybridized carbons (Fsp3) is 0.625. The van der Waals surface area contributed by atoms with Gasteiger partial charge in [-0.05, 0) is 50.9 Å². The molecule has 2 fully saturated rings. The number of nitrogens with one attached hydrogen (secondary N) is 1. The molecule has 2 heterocycles. The molecule has 1 aromatic heterocycles. The summed E-state index contributed by atoms with van der Waals surface area (Å²) in [4.78, 5) is 17.3. The highest BCUT2D eigenvalue weighted by Crippen LogP contribution is 2.37. The molecule has 132 valence electrons. The predicted molar refractivity (Wildman–Crippen MR) is 82.0 cm³/mol. The summed E-state index contributed by atoms with van der Waals surface area (Å²) in [5.74, 6) is -1.85. The Morgan fingerprint density at radius 2 is 1.96 bits per heavy atom. The van der Waals surface area contributed by atoms with Gasteiger partial charge in [0.1, 0.15) is 11.4 Å². The third-order valence-electron chi connectivity index (χ3n) is 5.00. The van der Waals surface area contributed by atoms with Crippen LogP contribution in [0.5, 0.6) is 0 Å². The van der Waals surface area contributed by atoms with Gasteiger partial charge in [-0.2, -0.15) is 13.2 Å². The average molecular weight is 343 g/mol. The fourth-order valence-corrected chi connectivity index (χ4v) is 3.48. The number of likely N-dealkylation sites (tertiary alicyclic amines) is 1. The van der Waals surface area contributed by atoms with Crippen molar-refractivity contribution in [3.05, 3.63) is 23.9 Å². The number of piperidine rings is 1. The van der Waals surface area contributed by atoms with Gasteiger partial charge < -0.3 is 15.3 Å². The number of halogens is 3. The van der Waals surface area contributed by atoms with Gasteiger partial charge in [-0.3, -0.25) is 0 Å². The maximum absolute atomic E-state index is 12.7.